The number of anilines is 3. The van der Waals surface area contributed by atoms with E-state index >= 15 is 0 Å². The van der Waals surface area contributed by atoms with Crippen molar-refractivity contribution >= 4 is 90.9 Å². The highest BCUT2D eigenvalue weighted by molar-refractivity contribution is 7.27. The van der Waals surface area contributed by atoms with Gasteiger partial charge in [0.15, 0.2) is 0 Å². The Labute approximate surface area is 397 Å². The lowest BCUT2D eigenvalue weighted by molar-refractivity contribution is 1.32. The van der Waals surface area contributed by atoms with E-state index in [0.717, 1.165) is 17.1 Å². The number of hydrogen-bond donors (Lipinski definition) is 0. The summed E-state index contributed by atoms with van der Waals surface area (Å²) in [5, 5.41) is 7.55. The van der Waals surface area contributed by atoms with Crippen molar-refractivity contribution in [3.05, 3.63) is 249 Å². The standard InChI is InChI=1S/C64H41NS2/c1-5-16-42(17-6-1)48-31-36-54-55-26-15-27-58(63(55)66-59(54)40-48)65(50-33-28-46(29-34-50)52-35-30-45-22-13-14-25-51(45)61(52)47-23-11-4-12-24-47)57-39-38-53(44-20-9-3-10-21-44)64-62(57)56-37-32-49(41-60(56)67-64)43-18-7-2-8-19-43/h1-41H. The van der Waals surface area contributed by atoms with Gasteiger partial charge in [0.1, 0.15) is 0 Å². The van der Waals surface area contributed by atoms with Gasteiger partial charge in [-0.3, -0.25) is 0 Å². The second-order valence-corrected chi connectivity index (χ2v) is 19.3. The van der Waals surface area contributed by atoms with Crippen molar-refractivity contribution in [3.63, 3.8) is 0 Å². The summed E-state index contributed by atoms with van der Waals surface area (Å²) >= 11 is 3.78. The molecule has 0 aliphatic heterocycles. The third-order valence-corrected chi connectivity index (χ3v) is 15.7. The molecule has 1 nitrogen and oxygen atoms in total. The molecule has 0 N–H and O–H groups in total. The van der Waals surface area contributed by atoms with Crippen molar-refractivity contribution in [2.45, 2.75) is 0 Å². The summed E-state index contributed by atoms with van der Waals surface area (Å²) in [6, 6.07) is 91.4. The normalized spacial score (nSPS) is 11.6. The minimum atomic E-state index is 1.11. The van der Waals surface area contributed by atoms with Crippen molar-refractivity contribution in [2.24, 2.45) is 0 Å². The predicted molar refractivity (Wildman–Crippen MR) is 292 cm³/mol. The van der Waals surface area contributed by atoms with Crippen LogP contribution in [0.4, 0.5) is 17.1 Å². The van der Waals surface area contributed by atoms with E-state index in [1.807, 2.05) is 22.7 Å². The van der Waals surface area contributed by atoms with Gasteiger partial charge in [-0.15, -0.1) is 22.7 Å². The van der Waals surface area contributed by atoms with Crippen LogP contribution in [0.3, 0.4) is 0 Å². The van der Waals surface area contributed by atoms with Crippen LogP contribution in [0.25, 0.3) is 107 Å². The quantitative estimate of drug-likeness (QED) is 0.147. The largest absolute Gasteiger partial charge is 0.308 e. The van der Waals surface area contributed by atoms with E-state index in [-0.39, 0.29) is 0 Å². The Bertz CT molecular complexity index is 3950. The number of benzene rings is 11. The third kappa shape index (κ3) is 6.82. The van der Waals surface area contributed by atoms with E-state index in [1.165, 1.54) is 107 Å². The lowest BCUT2D eigenvalue weighted by atomic mass is 9.89. The predicted octanol–water partition coefficient (Wildman–Crippen LogP) is 19.4. The number of hydrogen-bond acceptors (Lipinski definition) is 3. The van der Waals surface area contributed by atoms with Crippen molar-refractivity contribution in [1.82, 2.24) is 0 Å². The maximum atomic E-state index is 2.53. The van der Waals surface area contributed by atoms with Crippen LogP contribution in [-0.2, 0) is 0 Å². The van der Waals surface area contributed by atoms with E-state index in [9.17, 15) is 0 Å². The fourth-order valence-electron chi connectivity index (χ4n) is 10.1. The molecule has 0 aliphatic rings. The van der Waals surface area contributed by atoms with Gasteiger partial charge in [0.2, 0.25) is 0 Å². The molecule has 0 fully saturated rings. The molecule has 11 aromatic carbocycles. The SMILES string of the molecule is c1ccc(-c2ccc3c(c2)sc2c(N(c4ccc(-c5ccc6ccccc6c5-c5ccccc5)cc4)c4ccc(-c5ccccc5)c5sc6cc(-c7ccccc7)ccc6c45)cccc23)cc1. The Morgan fingerprint density at radius 2 is 0.806 bits per heavy atom. The summed E-state index contributed by atoms with van der Waals surface area (Å²) in [6.07, 6.45) is 0. The van der Waals surface area contributed by atoms with Gasteiger partial charge in [-0.1, -0.05) is 212 Å². The smallest absolute Gasteiger partial charge is 0.0640 e. The van der Waals surface area contributed by atoms with Gasteiger partial charge in [0, 0.05) is 41.3 Å². The molecule has 0 saturated carbocycles. The number of fused-ring (bicyclic) bond motifs is 7. The first-order chi connectivity index (χ1) is 33.2. The number of rotatable bonds is 8. The second-order valence-electron chi connectivity index (χ2n) is 17.2. The summed E-state index contributed by atoms with van der Waals surface area (Å²) in [4.78, 5) is 2.53. The summed E-state index contributed by atoms with van der Waals surface area (Å²) < 4.78 is 5.10. The molecule has 67 heavy (non-hydrogen) atoms. The molecule has 314 valence electrons. The van der Waals surface area contributed by atoms with Gasteiger partial charge < -0.3 is 4.90 Å². The van der Waals surface area contributed by atoms with E-state index in [1.54, 1.807) is 0 Å². The molecule has 0 spiro atoms. The molecule has 0 bridgehead atoms. The topological polar surface area (TPSA) is 3.24 Å². The maximum Gasteiger partial charge on any atom is 0.0640 e. The highest BCUT2D eigenvalue weighted by atomic mass is 32.1. The molecule has 2 aromatic heterocycles. The lowest BCUT2D eigenvalue weighted by Gasteiger charge is -2.28. The Morgan fingerprint density at radius 3 is 1.49 bits per heavy atom. The Morgan fingerprint density at radius 1 is 0.284 bits per heavy atom. The van der Waals surface area contributed by atoms with E-state index in [0.29, 0.717) is 0 Å². The van der Waals surface area contributed by atoms with Gasteiger partial charge in [0.05, 0.1) is 16.1 Å². The molecule has 0 saturated heterocycles. The van der Waals surface area contributed by atoms with Crippen LogP contribution in [0.2, 0.25) is 0 Å². The molecule has 0 unspecified atom stereocenters. The zero-order valence-electron chi connectivity index (χ0n) is 36.4. The van der Waals surface area contributed by atoms with Gasteiger partial charge in [-0.2, -0.15) is 0 Å². The second kappa shape index (κ2) is 16.4. The highest BCUT2D eigenvalue weighted by Gasteiger charge is 2.24. The molecule has 0 aliphatic carbocycles. The molecule has 13 aromatic rings. The average molecular weight is 888 g/mol. The Balaban J connectivity index is 1.06. The number of nitrogens with zero attached hydrogens (tertiary/aromatic N) is 1. The monoisotopic (exact) mass is 887 g/mol. The molecular weight excluding hydrogens is 847 g/mol. The maximum absolute atomic E-state index is 2.53. The van der Waals surface area contributed by atoms with Crippen molar-refractivity contribution in [1.29, 1.82) is 0 Å². The van der Waals surface area contributed by atoms with Crippen LogP contribution in [-0.4, -0.2) is 0 Å². The van der Waals surface area contributed by atoms with Crippen LogP contribution < -0.4 is 4.90 Å². The average Bonchev–Trinajstić information content (AvgIpc) is 3.98. The first-order valence-corrected chi connectivity index (χ1v) is 24.5. The summed E-state index contributed by atoms with van der Waals surface area (Å²) in [5.74, 6) is 0. The fourth-order valence-corrected chi connectivity index (χ4v) is 12.6. The van der Waals surface area contributed by atoms with Gasteiger partial charge >= 0.3 is 0 Å². The molecule has 3 heteroatoms. The van der Waals surface area contributed by atoms with Gasteiger partial charge in [0.25, 0.3) is 0 Å². The van der Waals surface area contributed by atoms with E-state index in [4.69, 9.17) is 0 Å². The minimum absolute atomic E-state index is 1.11. The Hall–Kier alpha value is -8.08. The van der Waals surface area contributed by atoms with Gasteiger partial charge in [-0.05, 0) is 103 Å². The zero-order chi connectivity index (χ0) is 44.3. The van der Waals surface area contributed by atoms with E-state index in [2.05, 4.69) is 254 Å². The first kappa shape index (κ1) is 39.3. The minimum Gasteiger partial charge on any atom is -0.308 e. The fraction of sp³-hybridized carbons (Fsp3) is 0. The lowest BCUT2D eigenvalue weighted by Crippen LogP contribution is -2.10. The third-order valence-electron chi connectivity index (χ3n) is 13.3. The summed E-state index contributed by atoms with van der Waals surface area (Å²) in [5.41, 5.74) is 15.7. The Kier molecular flexibility index (Phi) is 9.63. The first-order valence-electron chi connectivity index (χ1n) is 22.8. The highest BCUT2D eigenvalue weighted by Crippen LogP contribution is 2.52. The van der Waals surface area contributed by atoms with Crippen LogP contribution in [0, 0.1) is 0 Å². The van der Waals surface area contributed by atoms with Crippen LogP contribution in [0.1, 0.15) is 0 Å². The summed E-state index contributed by atoms with van der Waals surface area (Å²) in [7, 11) is 0. The molecule has 2 heterocycles. The summed E-state index contributed by atoms with van der Waals surface area (Å²) in [6.45, 7) is 0. The van der Waals surface area contributed by atoms with E-state index < -0.39 is 0 Å². The van der Waals surface area contributed by atoms with Crippen molar-refractivity contribution < 1.29 is 0 Å². The van der Waals surface area contributed by atoms with Crippen LogP contribution in [0.15, 0.2) is 249 Å². The van der Waals surface area contributed by atoms with Crippen LogP contribution in [0.5, 0.6) is 0 Å². The molecular formula is C64H41NS2. The van der Waals surface area contributed by atoms with Crippen molar-refractivity contribution in [3.8, 4) is 55.6 Å². The van der Waals surface area contributed by atoms with Crippen LogP contribution >= 0.6 is 22.7 Å². The molecule has 0 atom stereocenters. The molecule has 0 radical (unpaired) electrons. The molecule has 0 amide bonds. The molecule has 13 rings (SSSR count). The zero-order valence-corrected chi connectivity index (χ0v) is 38.1. The number of thiophene rings is 2. The van der Waals surface area contributed by atoms with Crippen molar-refractivity contribution in [2.75, 3.05) is 4.90 Å². The van der Waals surface area contributed by atoms with Gasteiger partial charge in [-0.25, -0.2) is 0 Å².